The maximum Gasteiger partial charge on any atom is 0.219 e. The Bertz CT molecular complexity index is 1130. The Morgan fingerprint density at radius 1 is 1.06 bits per heavy atom. The molecule has 0 radical (unpaired) electrons. The maximum absolute atomic E-state index is 15.1. The van der Waals surface area contributed by atoms with Gasteiger partial charge in [-0.15, -0.1) is 0 Å². The average molecular weight is 492 g/mol. The quantitative estimate of drug-likeness (QED) is 0.567. The number of nitrogens with zero attached hydrogens (tertiary/aromatic N) is 3. The van der Waals surface area contributed by atoms with Crippen LogP contribution in [0.1, 0.15) is 37.3 Å². The van der Waals surface area contributed by atoms with Gasteiger partial charge in [0, 0.05) is 56.9 Å². The van der Waals surface area contributed by atoms with E-state index in [1.54, 1.807) is 30.0 Å². The van der Waals surface area contributed by atoms with Crippen LogP contribution in [0.5, 0.6) is 0 Å². The molecular formula is C25H31F2N3O3S. The van der Waals surface area contributed by atoms with Gasteiger partial charge in [-0.3, -0.25) is 4.79 Å². The van der Waals surface area contributed by atoms with Crippen molar-refractivity contribution in [1.29, 1.82) is 0 Å². The summed E-state index contributed by atoms with van der Waals surface area (Å²) in [6, 6.07) is 10.8. The van der Waals surface area contributed by atoms with Crippen LogP contribution in [-0.4, -0.2) is 61.5 Å². The van der Waals surface area contributed by atoms with E-state index in [4.69, 9.17) is 0 Å². The number of carbonyl (C=O) groups is 1. The van der Waals surface area contributed by atoms with Gasteiger partial charge in [0.1, 0.15) is 11.6 Å². The Balaban J connectivity index is 1.45. The fourth-order valence-corrected chi connectivity index (χ4v) is 6.22. The molecule has 0 bridgehead atoms. The van der Waals surface area contributed by atoms with Gasteiger partial charge in [0.2, 0.25) is 15.9 Å². The lowest BCUT2D eigenvalue weighted by molar-refractivity contribution is -0.129. The van der Waals surface area contributed by atoms with Gasteiger partial charge in [0.05, 0.1) is 5.75 Å². The molecule has 1 saturated heterocycles. The van der Waals surface area contributed by atoms with Gasteiger partial charge in [-0.2, -0.15) is 4.31 Å². The zero-order valence-corrected chi connectivity index (χ0v) is 20.2. The van der Waals surface area contributed by atoms with E-state index < -0.39 is 21.7 Å². The fraction of sp³-hybridized carbons (Fsp3) is 0.480. The van der Waals surface area contributed by atoms with Gasteiger partial charge < -0.3 is 9.80 Å². The largest absolute Gasteiger partial charge is 0.368 e. The number of piperazine rings is 1. The lowest BCUT2D eigenvalue weighted by Crippen LogP contribution is -2.48. The summed E-state index contributed by atoms with van der Waals surface area (Å²) in [6.45, 7) is 3.97. The molecule has 34 heavy (non-hydrogen) atoms. The molecule has 1 amide bonds. The van der Waals surface area contributed by atoms with Gasteiger partial charge in [-0.1, -0.05) is 24.6 Å². The number of benzene rings is 2. The number of amides is 1. The molecule has 9 heteroatoms. The molecule has 0 atom stereocenters. The highest BCUT2D eigenvalue weighted by Crippen LogP contribution is 2.30. The minimum absolute atomic E-state index is 0.0135. The third-order valence-electron chi connectivity index (χ3n) is 6.83. The number of anilines is 1. The molecule has 1 aliphatic carbocycles. The van der Waals surface area contributed by atoms with Crippen LogP contribution in [0.15, 0.2) is 42.5 Å². The van der Waals surface area contributed by atoms with Crippen molar-refractivity contribution in [3.63, 3.8) is 0 Å². The highest BCUT2D eigenvalue weighted by atomic mass is 32.2. The lowest BCUT2D eigenvalue weighted by atomic mass is 9.93. The number of hydrogen-bond acceptors (Lipinski definition) is 4. The van der Waals surface area contributed by atoms with Crippen molar-refractivity contribution in [2.45, 2.75) is 45.2 Å². The van der Waals surface area contributed by atoms with Gasteiger partial charge >= 0.3 is 0 Å². The zero-order valence-electron chi connectivity index (χ0n) is 19.4. The van der Waals surface area contributed by atoms with Crippen molar-refractivity contribution < 1.29 is 22.0 Å². The van der Waals surface area contributed by atoms with E-state index in [1.807, 2.05) is 11.0 Å². The van der Waals surface area contributed by atoms with E-state index in [0.717, 1.165) is 24.9 Å². The number of carbonyl (C=O) groups excluding carboxylic acids is 1. The first-order valence-corrected chi connectivity index (χ1v) is 13.4. The highest BCUT2D eigenvalue weighted by Gasteiger charge is 2.34. The molecule has 0 aromatic heterocycles. The van der Waals surface area contributed by atoms with Crippen LogP contribution in [0.25, 0.3) is 0 Å². The van der Waals surface area contributed by atoms with Crippen molar-refractivity contribution in [2.75, 3.05) is 36.8 Å². The SMILES string of the molecule is CC(=O)N1CCN(c2ccc(CN(C3CCC3)S(=O)(=O)CCc3cccc(F)c3)c(F)c2)CC1. The molecule has 2 aromatic carbocycles. The fourth-order valence-electron chi connectivity index (χ4n) is 4.49. The van der Waals surface area contributed by atoms with Gasteiger partial charge in [0.15, 0.2) is 0 Å². The third kappa shape index (κ3) is 5.75. The first-order chi connectivity index (χ1) is 16.2. The van der Waals surface area contributed by atoms with E-state index >= 15 is 4.39 Å². The molecule has 2 aromatic rings. The molecular weight excluding hydrogens is 460 g/mol. The van der Waals surface area contributed by atoms with Crippen LogP contribution in [0, 0.1) is 11.6 Å². The van der Waals surface area contributed by atoms with Crippen LogP contribution in [-0.2, 0) is 27.8 Å². The topological polar surface area (TPSA) is 60.9 Å². The number of aryl methyl sites for hydroxylation is 1. The summed E-state index contributed by atoms with van der Waals surface area (Å²) in [6.07, 6.45) is 2.68. The molecule has 184 valence electrons. The summed E-state index contributed by atoms with van der Waals surface area (Å²) >= 11 is 0. The van der Waals surface area contributed by atoms with E-state index in [0.29, 0.717) is 37.3 Å². The van der Waals surface area contributed by atoms with Gasteiger partial charge in [0.25, 0.3) is 0 Å². The van der Waals surface area contributed by atoms with Crippen molar-refractivity contribution in [1.82, 2.24) is 9.21 Å². The van der Waals surface area contributed by atoms with E-state index in [1.165, 1.54) is 22.5 Å². The Kier molecular flexibility index (Phi) is 7.52. The molecule has 6 nitrogen and oxygen atoms in total. The first kappa shape index (κ1) is 24.6. The smallest absolute Gasteiger partial charge is 0.219 e. The zero-order chi connectivity index (χ0) is 24.3. The molecule has 1 saturated carbocycles. The molecule has 1 heterocycles. The van der Waals surface area contributed by atoms with Crippen molar-refractivity contribution in [3.8, 4) is 0 Å². The van der Waals surface area contributed by atoms with Crippen molar-refractivity contribution in [3.05, 3.63) is 65.2 Å². The number of sulfonamides is 1. The first-order valence-electron chi connectivity index (χ1n) is 11.8. The van der Waals surface area contributed by atoms with Crippen LogP contribution in [0.4, 0.5) is 14.5 Å². The van der Waals surface area contributed by atoms with E-state index in [9.17, 15) is 17.6 Å². The number of rotatable bonds is 8. The monoisotopic (exact) mass is 491 g/mol. The van der Waals surface area contributed by atoms with Gasteiger partial charge in [-0.05, 0) is 49.1 Å². The molecule has 0 spiro atoms. The van der Waals surface area contributed by atoms with E-state index in [2.05, 4.69) is 0 Å². The summed E-state index contributed by atoms with van der Waals surface area (Å²) in [5.41, 5.74) is 1.69. The molecule has 1 aliphatic heterocycles. The molecule has 4 rings (SSSR count). The third-order valence-corrected chi connectivity index (χ3v) is 8.69. The minimum Gasteiger partial charge on any atom is -0.368 e. The minimum atomic E-state index is -3.66. The second-order valence-corrected chi connectivity index (χ2v) is 11.1. The molecule has 0 unspecified atom stereocenters. The lowest BCUT2D eigenvalue weighted by Gasteiger charge is -2.37. The summed E-state index contributed by atoms with van der Waals surface area (Å²) in [7, 11) is -3.66. The van der Waals surface area contributed by atoms with Crippen LogP contribution >= 0.6 is 0 Å². The van der Waals surface area contributed by atoms with Crippen LogP contribution in [0.3, 0.4) is 0 Å². The second kappa shape index (κ2) is 10.4. The summed E-state index contributed by atoms with van der Waals surface area (Å²) < 4.78 is 56.4. The van der Waals surface area contributed by atoms with Crippen molar-refractivity contribution in [2.24, 2.45) is 0 Å². The summed E-state index contributed by atoms with van der Waals surface area (Å²) in [5, 5.41) is 0. The number of hydrogen-bond donors (Lipinski definition) is 0. The normalized spacial score (nSPS) is 17.2. The second-order valence-electron chi connectivity index (χ2n) is 9.09. The average Bonchev–Trinajstić information content (AvgIpc) is 2.77. The number of halogens is 2. The summed E-state index contributed by atoms with van der Waals surface area (Å²) in [5.74, 6) is -0.935. The Labute approximate surface area is 200 Å². The Morgan fingerprint density at radius 2 is 1.79 bits per heavy atom. The predicted molar refractivity (Wildman–Crippen MR) is 128 cm³/mol. The van der Waals surface area contributed by atoms with E-state index in [-0.39, 0.29) is 30.7 Å². The standard InChI is InChI=1S/C25H31F2N3O3S/c1-19(31)28-11-13-29(14-12-28)24-9-8-21(25(27)17-24)18-30(23-6-3-7-23)34(32,33)15-10-20-4-2-5-22(26)16-20/h2,4-5,8-9,16-17,23H,3,6-7,10-15,18H2,1H3. The van der Waals surface area contributed by atoms with Crippen LogP contribution in [0.2, 0.25) is 0 Å². The molecule has 2 aliphatic rings. The van der Waals surface area contributed by atoms with Crippen LogP contribution < -0.4 is 4.90 Å². The summed E-state index contributed by atoms with van der Waals surface area (Å²) in [4.78, 5) is 15.3. The van der Waals surface area contributed by atoms with Gasteiger partial charge in [-0.25, -0.2) is 17.2 Å². The highest BCUT2D eigenvalue weighted by molar-refractivity contribution is 7.89. The predicted octanol–water partition coefficient (Wildman–Crippen LogP) is 3.56. The van der Waals surface area contributed by atoms with Crippen molar-refractivity contribution >= 4 is 21.6 Å². The maximum atomic E-state index is 15.1. The Morgan fingerprint density at radius 3 is 2.38 bits per heavy atom. The molecule has 0 N–H and O–H groups in total. The Hall–Kier alpha value is -2.52. The molecule has 2 fully saturated rings.